The Morgan fingerprint density at radius 3 is 2.67 bits per heavy atom. The van der Waals surface area contributed by atoms with Gasteiger partial charge in [-0.3, -0.25) is 10.4 Å². The zero-order valence-electron chi connectivity index (χ0n) is 12.3. The van der Waals surface area contributed by atoms with Crippen molar-refractivity contribution in [2.75, 3.05) is 10.7 Å². The van der Waals surface area contributed by atoms with Gasteiger partial charge in [-0.25, -0.2) is 5.84 Å². The molecule has 0 aliphatic heterocycles. The maximum absolute atomic E-state index is 5.46. The Morgan fingerprint density at radius 2 is 2.00 bits per heavy atom. The molecular weight excluding hydrogens is 270 g/mol. The van der Waals surface area contributed by atoms with Crippen molar-refractivity contribution >= 4 is 11.9 Å². The summed E-state index contributed by atoms with van der Waals surface area (Å²) in [5.41, 5.74) is 4.60. The number of aryl methyl sites for hydroxylation is 1. The van der Waals surface area contributed by atoms with Crippen LogP contribution in [0.1, 0.15) is 25.0 Å². The first-order chi connectivity index (χ1) is 10.1. The molecular formula is C13H19N7O. The normalized spacial score (nSPS) is 10.5. The van der Waals surface area contributed by atoms with Crippen molar-refractivity contribution in [3.05, 3.63) is 29.6 Å². The molecule has 0 bridgehead atoms. The third-order valence-electron chi connectivity index (χ3n) is 2.67. The summed E-state index contributed by atoms with van der Waals surface area (Å²) in [7, 11) is 0. The van der Waals surface area contributed by atoms with Gasteiger partial charge in [0.15, 0.2) is 0 Å². The van der Waals surface area contributed by atoms with Crippen molar-refractivity contribution in [2.24, 2.45) is 5.84 Å². The summed E-state index contributed by atoms with van der Waals surface area (Å²) >= 11 is 0. The third-order valence-corrected chi connectivity index (χ3v) is 2.67. The quantitative estimate of drug-likeness (QED) is 0.538. The van der Waals surface area contributed by atoms with E-state index in [9.17, 15) is 0 Å². The van der Waals surface area contributed by atoms with Gasteiger partial charge in [0.05, 0.1) is 6.10 Å². The van der Waals surface area contributed by atoms with E-state index in [4.69, 9.17) is 10.6 Å². The topological polar surface area (TPSA) is 111 Å². The molecule has 2 aromatic rings. The lowest BCUT2D eigenvalue weighted by Gasteiger charge is -2.11. The molecule has 4 N–H and O–H groups in total. The summed E-state index contributed by atoms with van der Waals surface area (Å²) in [6.45, 7) is 6.36. The molecule has 112 valence electrons. The highest BCUT2D eigenvalue weighted by molar-refractivity contribution is 5.36. The highest BCUT2D eigenvalue weighted by Crippen LogP contribution is 2.13. The second kappa shape index (κ2) is 6.80. The number of hydrazine groups is 1. The lowest BCUT2D eigenvalue weighted by atomic mass is 10.2. The van der Waals surface area contributed by atoms with Crippen LogP contribution in [0.25, 0.3) is 0 Å². The highest BCUT2D eigenvalue weighted by atomic mass is 16.5. The van der Waals surface area contributed by atoms with E-state index in [1.165, 1.54) is 0 Å². The Hall–Kier alpha value is -2.48. The fourth-order valence-electron chi connectivity index (χ4n) is 1.62. The molecule has 0 saturated carbocycles. The van der Waals surface area contributed by atoms with Gasteiger partial charge in [0, 0.05) is 18.9 Å². The van der Waals surface area contributed by atoms with Gasteiger partial charge < -0.3 is 10.1 Å². The molecule has 0 aromatic carbocycles. The van der Waals surface area contributed by atoms with Crippen molar-refractivity contribution in [2.45, 2.75) is 33.4 Å². The van der Waals surface area contributed by atoms with Gasteiger partial charge >= 0.3 is 6.01 Å². The van der Waals surface area contributed by atoms with E-state index in [0.717, 1.165) is 11.1 Å². The van der Waals surface area contributed by atoms with E-state index in [1.807, 2.05) is 26.8 Å². The molecule has 2 aromatic heterocycles. The van der Waals surface area contributed by atoms with Crippen LogP contribution < -0.4 is 21.3 Å². The maximum Gasteiger partial charge on any atom is 0.323 e. The Morgan fingerprint density at radius 1 is 1.24 bits per heavy atom. The molecule has 0 saturated heterocycles. The fourth-order valence-corrected chi connectivity index (χ4v) is 1.62. The van der Waals surface area contributed by atoms with Gasteiger partial charge in [0.25, 0.3) is 0 Å². The van der Waals surface area contributed by atoms with Crippen molar-refractivity contribution in [3.63, 3.8) is 0 Å². The number of nitrogens with zero attached hydrogens (tertiary/aromatic N) is 4. The molecule has 0 atom stereocenters. The summed E-state index contributed by atoms with van der Waals surface area (Å²) in [5, 5.41) is 3.11. The minimum absolute atomic E-state index is 0.0357. The molecule has 0 aliphatic rings. The maximum atomic E-state index is 5.46. The van der Waals surface area contributed by atoms with E-state index in [2.05, 4.69) is 30.7 Å². The number of nitrogen functional groups attached to an aromatic ring is 1. The largest absolute Gasteiger partial charge is 0.461 e. The predicted octanol–water partition coefficient (Wildman–Crippen LogP) is 1.26. The first kappa shape index (κ1) is 14.9. The third kappa shape index (κ3) is 4.25. The molecule has 8 nitrogen and oxygen atoms in total. The molecule has 0 unspecified atom stereocenters. The minimum Gasteiger partial charge on any atom is -0.461 e. The van der Waals surface area contributed by atoms with Crippen molar-refractivity contribution in [1.29, 1.82) is 0 Å². The molecule has 2 heterocycles. The zero-order chi connectivity index (χ0) is 15.2. The number of nitrogens with one attached hydrogen (secondary N) is 2. The zero-order valence-corrected chi connectivity index (χ0v) is 12.3. The highest BCUT2D eigenvalue weighted by Gasteiger charge is 2.08. The van der Waals surface area contributed by atoms with Crippen molar-refractivity contribution < 1.29 is 4.74 Å². The summed E-state index contributed by atoms with van der Waals surface area (Å²) < 4.78 is 5.46. The predicted molar refractivity (Wildman–Crippen MR) is 79.7 cm³/mol. The van der Waals surface area contributed by atoms with Gasteiger partial charge in [0.1, 0.15) is 0 Å². The van der Waals surface area contributed by atoms with Crippen LogP contribution in [0.4, 0.5) is 11.9 Å². The number of nitrogens with two attached hydrogens (primary N) is 1. The average molecular weight is 289 g/mol. The number of anilines is 2. The fraction of sp³-hybridized carbons (Fsp3) is 0.385. The van der Waals surface area contributed by atoms with Crippen LogP contribution in [0.15, 0.2) is 18.5 Å². The lowest BCUT2D eigenvalue weighted by molar-refractivity contribution is 0.222. The van der Waals surface area contributed by atoms with Crippen LogP contribution in [-0.2, 0) is 6.54 Å². The molecule has 0 amide bonds. The Balaban J connectivity index is 2.13. The SMILES string of the molecule is Cc1ccncc1CNc1nc(NN)nc(OC(C)C)n1. The molecule has 2 rings (SSSR count). The summed E-state index contributed by atoms with van der Waals surface area (Å²) in [5.74, 6) is 5.98. The smallest absolute Gasteiger partial charge is 0.323 e. The number of hydrogen-bond acceptors (Lipinski definition) is 8. The molecule has 0 fully saturated rings. The minimum atomic E-state index is -0.0357. The van der Waals surface area contributed by atoms with E-state index >= 15 is 0 Å². The van der Waals surface area contributed by atoms with Gasteiger partial charge in [0.2, 0.25) is 11.9 Å². The van der Waals surface area contributed by atoms with Crippen LogP contribution in [0.2, 0.25) is 0 Å². The van der Waals surface area contributed by atoms with E-state index in [1.54, 1.807) is 12.4 Å². The second-order valence-electron chi connectivity index (χ2n) is 4.73. The van der Waals surface area contributed by atoms with Crippen LogP contribution in [0.3, 0.4) is 0 Å². The van der Waals surface area contributed by atoms with Crippen LogP contribution in [0.5, 0.6) is 6.01 Å². The Bertz CT molecular complexity index is 603. The average Bonchev–Trinajstić information content (AvgIpc) is 2.45. The van der Waals surface area contributed by atoms with Crippen molar-refractivity contribution in [1.82, 2.24) is 19.9 Å². The van der Waals surface area contributed by atoms with Gasteiger partial charge in [-0.05, 0) is 38.0 Å². The van der Waals surface area contributed by atoms with Crippen LogP contribution >= 0.6 is 0 Å². The lowest BCUT2D eigenvalue weighted by Crippen LogP contribution is -2.16. The summed E-state index contributed by atoms with van der Waals surface area (Å²) in [4.78, 5) is 16.5. The number of pyridine rings is 1. The van der Waals surface area contributed by atoms with Gasteiger partial charge in [-0.1, -0.05) is 0 Å². The van der Waals surface area contributed by atoms with E-state index in [-0.39, 0.29) is 18.1 Å². The van der Waals surface area contributed by atoms with Crippen molar-refractivity contribution in [3.8, 4) is 6.01 Å². The molecule has 21 heavy (non-hydrogen) atoms. The number of rotatable bonds is 6. The molecule has 0 spiro atoms. The van der Waals surface area contributed by atoms with Gasteiger partial charge in [-0.2, -0.15) is 15.0 Å². The Kier molecular flexibility index (Phi) is 4.83. The first-order valence-corrected chi connectivity index (χ1v) is 6.61. The summed E-state index contributed by atoms with van der Waals surface area (Å²) in [6.07, 6.45) is 3.52. The monoisotopic (exact) mass is 289 g/mol. The standard InChI is InChI=1S/C13H19N7O/c1-8(2)21-13-18-11(17-12(19-13)20-14)16-7-10-6-15-5-4-9(10)3/h4-6,8H,7,14H2,1-3H3,(H2,16,17,18,19,20). The molecule has 8 heteroatoms. The Labute approximate surface area is 123 Å². The number of hydrogen-bond donors (Lipinski definition) is 3. The number of ether oxygens (including phenoxy) is 1. The molecule has 0 radical (unpaired) electrons. The second-order valence-corrected chi connectivity index (χ2v) is 4.73. The van der Waals surface area contributed by atoms with E-state index in [0.29, 0.717) is 12.5 Å². The van der Waals surface area contributed by atoms with Crippen LogP contribution in [0, 0.1) is 6.92 Å². The van der Waals surface area contributed by atoms with Gasteiger partial charge in [-0.15, -0.1) is 0 Å². The molecule has 0 aliphatic carbocycles. The summed E-state index contributed by atoms with van der Waals surface area (Å²) in [6, 6.07) is 2.17. The van der Waals surface area contributed by atoms with Crippen LogP contribution in [-0.4, -0.2) is 26.0 Å². The van der Waals surface area contributed by atoms with E-state index < -0.39 is 0 Å². The first-order valence-electron chi connectivity index (χ1n) is 6.61. The number of aromatic nitrogens is 4.